The Hall–Kier alpha value is -3.39. The molecule has 3 aromatic rings. The normalized spacial score (nSPS) is 10.6. The first kappa shape index (κ1) is 22.3. The number of hydrogen-bond donors (Lipinski definition) is 2. The Morgan fingerprint density at radius 1 is 1.03 bits per heavy atom. The van der Waals surface area contributed by atoms with E-state index in [0.29, 0.717) is 21.9 Å². The number of carbonyl (C=O) groups excluding carboxylic acids is 3. The number of primary amides is 1. The van der Waals surface area contributed by atoms with E-state index in [9.17, 15) is 14.4 Å². The Labute approximate surface area is 184 Å². The van der Waals surface area contributed by atoms with Gasteiger partial charge in [0.25, 0.3) is 5.91 Å². The minimum absolute atomic E-state index is 0.0476. The highest BCUT2D eigenvalue weighted by Gasteiger charge is 2.20. The summed E-state index contributed by atoms with van der Waals surface area (Å²) in [7, 11) is 1.64. The van der Waals surface area contributed by atoms with Crippen LogP contribution < -0.4 is 11.1 Å². The highest BCUT2D eigenvalue weighted by Crippen LogP contribution is 2.28. The first-order valence-electron chi connectivity index (χ1n) is 10.0. The summed E-state index contributed by atoms with van der Waals surface area (Å²) in [6.07, 6.45) is 6.44. The van der Waals surface area contributed by atoms with Gasteiger partial charge < -0.3 is 11.1 Å². The number of benzene rings is 1. The number of aromatic nitrogens is 2. The molecular formula is C23H24N4O3S. The molecule has 7 nitrogen and oxygen atoms in total. The molecule has 0 spiro atoms. The number of thiazole rings is 1. The summed E-state index contributed by atoms with van der Waals surface area (Å²) in [6, 6.07) is 11.0. The zero-order valence-corrected chi connectivity index (χ0v) is 18.1. The van der Waals surface area contributed by atoms with Gasteiger partial charge in [0, 0.05) is 48.3 Å². The molecule has 2 aromatic heterocycles. The number of nitrogens with zero attached hydrogens (tertiary/aromatic N) is 2. The van der Waals surface area contributed by atoms with Crippen molar-refractivity contribution in [2.24, 2.45) is 5.73 Å². The molecule has 0 radical (unpaired) electrons. The van der Waals surface area contributed by atoms with Crippen molar-refractivity contribution >= 4 is 28.9 Å². The average Bonchev–Trinajstić information content (AvgIpc) is 3.21. The molecule has 2 heterocycles. The minimum Gasteiger partial charge on any atom is -0.364 e. The number of hydrogen-bond acceptors (Lipinski definition) is 6. The molecule has 0 atom stereocenters. The zero-order valence-electron chi connectivity index (χ0n) is 17.3. The van der Waals surface area contributed by atoms with Crippen LogP contribution in [0.3, 0.4) is 0 Å². The van der Waals surface area contributed by atoms with Crippen molar-refractivity contribution in [3.8, 4) is 10.6 Å². The number of unbranched alkanes of at least 4 members (excludes halogenated alkanes) is 1. The van der Waals surface area contributed by atoms with E-state index in [-0.39, 0.29) is 23.8 Å². The zero-order chi connectivity index (χ0) is 22.2. The Bertz CT molecular complexity index is 1060. The maximum absolute atomic E-state index is 12.8. The van der Waals surface area contributed by atoms with Crippen molar-refractivity contribution in [2.75, 3.05) is 7.05 Å². The van der Waals surface area contributed by atoms with Gasteiger partial charge in [0.05, 0.1) is 0 Å². The van der Waals surface area contributed by atoms with E-state index < -0.39 is 5.91 Å². The van der Waals surface area contributed by atoms with Gasteiger partial charge in [-0.05, 0) is 37.0 Å². The molecule has 0 saturated heterocycles. The molecule has 0 saturated carbocycles. The van der Waals surface area contributed by atoms with Crippen LogP contribution in [0.15, 0.2) is 48.8 Å². The first-order chi connectivity index (χ1) is 15.0. The average molecular weight is 437 g/mol. The van der Waals surface area contributed by atoms with E-state index in [2.05, 4.69) is 15.3 Å². The molecule has 31 heavy (non-hydrogen) atoms. The van der Waals surface area contributed by atoms with Crippen molar-refractivity contribution in [3.05, 3.63) is 70.5 Å². The summed E-state index contributed by atoms with van der Waals surface area (Å²) in [5.74, 6) is -0.698. The van der Waals surface area contributed by atoms with Crippen molar-refractivity contribution in [2.45, 2.75) is 32.1 Å². The fourth-order valence-electron chi connectivity index (χ4n) is 3.13. The smallest absolute Gasteiger partial charge is 0.268 e. The lowest BCUT2D eigenvalue weighted by atomic mass is 10.0. The third-order valence-electron chi connectivity index (χ3n) is 4.85. The van der Waals surface area contributed by atoms with Crippen molar-refractivity contribution in [1.82, 2.24) is 15.3 Å². The Morgan fingerprint density at radius 2 is 1.74 bits per heavy atom. The van der Waals surface area contributed by atoms with Crippen molar-refractivity contribution < 1.29 is 14.4 Å². The van der Waals surface area contributed by atoms with Gasteiger partial charge >= 0.3 is 0 Å². The highest BCUT2D eigenvalue weighted by atomic mass is 32.1. The maximum Gasteiger partial charge on any atom is 0.268 e. The van der Waals surface area contributed by atoms with Crippen LogP contribution in [0, 0.1) is 0 Å². The van der Waals surface area contributed by atoms with Gasteiger partial charge in [-0.25, -0.2) is 4.98 Å². The second kappa shape index (κ2) is 10.6. The van der Waals surface area contributed by atoms with Gasteiger partial charge in [0.15, 0.2) is 5.78 Å². The minimum atomic E-state index is -0.647. The molecule has 3 rings (SSSR count). The second-order valence-corrected chi connectivity index (χ2v) is 8.15. The highest BCUT2D eigenvalue weighted by molar-refractivity contribution is 7.15. The standard InChI is InChI=1S/C23H24N4O3S/c1-25-20(29)5-3-2-4-15-6-8-16(9-7-15)18(28)14-19-21(22(24)30)27-23(31-19)17-10-12-26-13-11-17/h6-13H,2-5,14H2,1H3,(H2,24,30)(H,25,29). The molecule has 0 bridgehead atoms. The summed E-state index contributed by atoms with van der Waals surface area (Å²) in [5, 5.41) is 3.24. The fraction of sp³-hybridized carbons (Fsp3) is 0.261. The molecule has 3 N–H and O–H groups in total. The predicted octanol–water partition coefficient (Wildman–Crippen LogP) is 3.19. The van der Waals surface area contributed by atoms with Crippen LogP contribution in [0.2, 0.25) is 0 Å². The van der Waals surface area contributed by atoms with Gasteiger partial charge in [-0.2, -0.15) is 0 Å². The molecule has 0 aliphatic carbocycles. The fourth-order valence-corrected chi connectivity index (χ4v) is 4.20. The van der Waals surface area contributed by atoms with Crippen LogP contribution in [0.5, 0.6) is 0 Å². The predicted molar refractivity (Wildman–Crippen MR) is 120 cm³/mol. The molecule has 160 valence electrons. The van der Waals surface area contributed by atoms with E-state index in [4.69, 9.17) is 5.73 Å². The summed E-state index contributed by atoms with van der Waals surface area (Å²) < 4.78 is 0. The van der Waals surface area contributed by atoms with Gasteiger partial charge in [-0.15, -0.1) is 11.3 Å². The van der Waals surface area contributed by atoms with Crippen molar-refractivity contribution in [3.63, 3.8) is 0 Å². The van der Waals surface area contributed by atoms with Crippen LogP contribution in [-0.2, 0) is 17.6 Å². The van der Waals surface area contributed by atoms with Crippen LogP contribution in [-0.4, -0.2) is 34.6 Å². The lowest BCUT2D eigenvalue weighted by molar-refractivity contribution is -0.120. The van der Waals surface area contributed by atoms with Crippen LogP contribution >= 0.6 is 11.3 Å². The number of nitrogens with one attached hydrogen (secondary N) is 1. The molecule has 0 aliphatic rings. The summed E-state index contributed by atoms with van der Waals surface area (Å²) in [5.41, 5.74) is 8.13. The maximum atomic E-state index is 12.8. The number of rotatable bonds is 10. The van der Waals surface area contributed by atoms with E-state index in [1.165, 1.54) is 11.3 Å². The van der Waals surface area contributed by atoms with Gasteiger partial charge in [-0.1, -0.05) is 24.3 Å². The van der Waals surface area contributed by atoms with Gasteiger partial charge in [0.1, 0.15) is 10.7 Å². The van der Waals surface area contributed by atoms with E-state index in [1.807, 2.05) is 12.1 Å². The SMILES string of the molecule is CNC(=O)CCCCc1ccc(C(=O)Cc2sc(-c3ccncc3)nc2C(N)=O)cc1. The van der Waals surface area contributed by atoms with E-state index in [1.54, 1.807) is 43.7 Å². The second-order valence-electron chi connectivity index (χ2n) is 7.07. The van der Waals surface area contributed by atoms with Crippen LogP contribution in [0.25, 0.3) is 10.6 Å². The monoisotopic (exact) mass is 436 g/mol. The molecule has 8 heteroatoms. The van der Waals surface area contributed by atoms with Crippen LogP contribution in [0.1, 0.15) is 50.5 Å². The van der Waals surface area contributed by atoms with Crippen LogP contribution in [0.4, 0.5) is 0 Å². The Kier molecular flexibility index (Phi) is 7.61. The lowest BCUT2D eigenvalue weighted by Crippen LogP contribution is -2.16. The first-order valence-corrected chi connectivity index (χ1v) is 10.8. The third-order valence-corrected chi connectivity index (χ3v) is 5.96. The molecule has 2 amide bonds. The number of pyridine rings is 1. The third kappa shape index (κ3) is 6.05. The quantitative estimate of drug-likeness (QED) is 0.374. The number of aryl methyl sites for hydroxylation is 1. The van der Waals surface area contributed by atoms with Gasteiger partial charge in [0.2, 0.25) is 5.91 Å². The number of amides is 2. The number of nitrogens with two attached hydrogens (primary N) is 1. The molecule has 0 aliphatic heterocycles. The molecular weight excluding hydrogens is 412 g/mol. The van der Waals surface area contributed by atoms with Crippen molar-refractivity contribution in [1.29, 1.82) is 0 Å². The summed E-state index contributed by atoms with van der Waals surface area (Å²) >= 11 is 1.29. The molecule has 1 aromatic carbocycles. The van der Waals surface area contributed by atoms with E-state index >= 15 is 0 Å². The van der Waals surface area contributed by atoms with E-state index in [0.717, 1.165) is 30.4 Å². The van der Waals surface area contributed by atoms with Gasteiger partial charge in [-0.3, -0.25) is 19.4 Å². The number of carbonyl (C=O) groups is 3. The molecule has 0 unspecified atom stereocenters. The lowest BCUT2D eigenvalue weighted by Gasteiger charge is -2.04. The Balaban J connectivity index is 1.65. The largest absolute Gasteiger partial charge is 0.364 e. The number of ketones is 1. The molecule has 0 fully saturated rings. The Morgan fingerprint density at radius 3 is 2.39 bits per heavy atom. The summed E-state index contributed by atoms with van der Waals surface area (Å²) in [4.78, 5) is 44.8. The topological polar surface area (TPSA) is 115 Å². The summed E-state index contributed by atoms with van der Waals surface area (Å²) in [6.45, 7) is 0. The number of Topliss-reactive ketones (excluding diaryl/α,β-unsaturated/α-hetero) is 1.